The number of primary amides is 1. The second-order valence-electron chi connectivity index (χ2n) is 5.31. The van der Waals surface area contributed by atoms with E-state index < -0.39 is 16.7 Å². The van der Waals surface area contributed by atoms with Gasteiger partial charge in [0.15, 0.2) is 5.69 Å². The molecule has 9 heteroatoms. The highest BCUT2D eigenvalue weighted by Gasteiger charge is 2.17. The van der Waals surface area contributed by atoms with Gasteiger partial charge in [-0.05, 0) is 23.8 Å². The number of nitrogens with one attached hydrogen (secondary N) is 2. The summed E-state index contributed by atoms with van der Waals surface area (Å²) >= 11 is 0. The molecule has 3 rings (SSSR count). The van der Waals surface area contributed by atoms with Gasteiger partial charge in [0.25, 0.3) is 11.6 Å². The zero-order valence-electron chi connectivity index (χ0n) is 12.9. The summed E-state index contributed by atoms with van der Waals surface area (Å²) in [6.45, 7) is 0.156. The number of nitrogens with two attached hydrogens (primary N) is 1. The molecule has 1 aromatic heterocycles. The number of aromatic amines is 1. The van der Waals surface area contributed by atoms with Gasteiger partial charge >= 0.3 is 0 Å². The summed E-state index contributed by atoms with van der Waals surface area (Å²) in [7, 11) is 0. The summed E-state index contributed by atoms with van der Waals surface area (Å²) in [5.74, 6) is -1.05. The van der Waals surface area contributed by atoms with Crippen LogP contribution in [-0.4, -0.2) is 26.9 Å². The van der Waals surface area contributed by atoms with Crippen molar-refractivity contribution < 1.29 is 14.5 Å². The van der Waals surface area contributed by atoms with Crippen molar-refractivity contribution in [2.24, 2.45) is 5.73 Å². The van der Waals surface area contributed by atoms with Gasteiger partial charge < -0.3 is 11.1 Å². The Morgan fingerprint density at radius 1 is 1.24 bits per heavy atom. The number of aromatic nitrogens is 2. The number of carbonyl (C=O) groups excluding carboxylic acids is 2. The van der Waals surface area contributed by atoms with E-state index in [1.807, 2.05) is 0 Å². The number of hydrogen-bond acceptors (Lipinski definition) is 5. The van der Waals surface area contributed by atoms with Gasteiger partial charge in [-0.25, -0.2) is 0 Å². The van der Waals surface area contributed by atoms with Crippen molar-refractivity contribution in [2.45, 2.75) is 6.54 Å². The number of rotatable bonds is 5. The lowest BCUT2D eigenvalue weighted by Gasteiger charge is -2.05. The first kappa shape index (κ1) is 16.1. The molecule has 1 heterocycles. The highest BCUT2D eigenvalue weighted by atomic mass is 16.6. The van der Waals surface area contributed by atoms with Crippen molar-refractivity contribution in [3.63, 3.8) is 0 Å². The van der Waals surface area contributed by atoms with Gasteiger partial charge in [-0.15, -0.1) is 0 Å². The van der Waals surface area contributed by atoms with Crippen LogP contribution < -0.4 is 11.1 Å². The molecule has 3 aromatic rings. The molecule has 126 valence electrons. The lowest BCUT2D eigenvalue weighted by atomic mass is 10.1. The zero-order valence-corrected chi connectivity index (χ0v) is 12.9. The molecule has 2 amide bonds. The van der Waals surface area contributed by atoms with Gasteiger partial charge in [0.2, 0.25) is 5.91 Å². The molecular weight excluding hydrogens is 326 g/mol. The molecule has 0 saturated carbocycles. The van der Waals surface area contributed by atoms with E-state index in [0.717, 1.165) is 0 Å². The number of nitro benzene ring substituents is 1. The van der Waals surface area contributed by atoms with Gasteiger partial charge in [0.05, 0.1) is 10.4 Å². The molecule has 0 saturated heterocycles. The third-order valence-electron chi connectivity index (χ3n) is 3.64. The molecule has 0 aliphatic carbocycles. The number of non-ortho nitro benzene ring substituents is 1. The van der Waals surface area contributed by atoms with E-state index in [1.165, 1.54) is 18.2 Å². The Bertz CT molecular complexity index is 995. The Morgan fingerprint density at radius 2 is 2.04 bits per heavy atom. The maximum Gasteiger partial charge on any atom is 0.272 e. The van der Waals surface area contributed by atoms with Crippen LogP contribution in [0.15, 0.2) is 42.5 Å². The minimum atomic E-state index is -0.557. The van der Waals surface area contributed by atoms with Crippen LogP contribution >= 0.6 is 0 Å². The summed E-state index contributed by atoms with van der Waals surface area (Å²) in [6, 6.07) is 10.7. The Hall–Kier alpha value is -3.75. The van der Waals surface area contributed by atoms with E-state index in [4.69, 9.17) is 5.73 Å². The molecule has 0 bridgehead atoms. The Labute approximate surface area is 141 Å². The van der Waals surface area contributed by atoms with Crippen molar-refractivity contribution in [1.29, 1.82) is 0 Å². The van der Waals surface area contributed by atoms with Crippen LogP contribution in [0.2, 0.25) is 0 Å². The fraction of sp³-hybridized carbons (Fsp3) is 0.0625. The predicted octanol–water partition coefficient (Wildman–Crippen LogP) is 1.50. The maximum absolute atomic E-state index is 12.3. The first-order chi connectivity index (χ1) is 12.0. The summed E-state index contributed by atoms with van der Waals surface area (Å²) in [5.41, 5.74) is 6.70. The molecule has 2 aromatic carbocycles. The second-order valence-corrected chi connectivity index (χ2v) is 5.31. The van der Waals surface area contributed by atoms with Gasteiger partial charge in [0, 0.05) is 29.6 Å². The largest absolute Gasteiger partial charge is 0.366 e. The van der Waals surface area contributed by atoms with Crippen molar-refractivity contribution in [1.82, 2.24) is 15.5 Å². The van der Waals surface area contributed by atoms with Crippen LogP contribution in [0.1, 0.15) is 26.4 Å². The highest BCUT2D eigenvalue weighted by molar-refractivity contribution is 6.05. The lowest BCUT2D eigenvalue weighted by molar-refractivity contribution is -0.384. The number of carbonyl (C=O) groups is 2. The number of fused-ring (bicyclic) bond motifs is 1. The maximum atomic E-state index is 12.3. The summed E-state index contributed by atoms with van der Waals surface area (Å²) < 4.78 is 0. The van der Waals surface area contributed by atoms with Gasteiger partial charge in [-0.3, -0.25) is 24.8 Å². The molecule has 0 aliphatic heterocycles. The van der Waals surface area contributed by atoms with Crippen molar-refractivity contribution in [2.75, 3.05) is 0 Å². The number of H-pyrrole nitrogens is 1. The summed E-state index contributed by atoms with van der Waals surface area (Å²) in [6.07, 6.45) is 0. The van der Waals surface area contributed by atoms with Gasteiger partial charge in [0.1, 0.15) is 0 Å². The molecular formula is C16H13N5O4. The molecule has 0 aliphatic rings. The molecule has 0 fully saturated rings. The smallest absolute Gasteiger partial charge is 0.272 e. The Morgan fingerprint density at radius 3 is 2.76 bits per heavy atom. The van der Waals surface area contributed by atoms with Gasteiger partial charge in [-0.2, -0.15) is 5.10 Å². The molecule has 9 nitrogen and oxygen atoms in total. The van der Waals surface area contributed by atoms with Crippen LogP contribution in [0, 0.1) is 10.1 Å². The van der Waals surface area contributed by atoms with Gasteiger partial charge in [-0.1, -0.05) is 12.1 Å². The number of nitro groups is 1. The average Bonchev–Trinajstić information content (AvgIpc) is 3.03. The van der Waals surface area contributed by atoms with E-state index in [-0.39, 0.29) is 17.9 Å². The summed E-state index contributed by atoms with van der Waals surface area (Å²) in [5, 5.41) is 20.5. The predicted molar refractivity (Wildman–Crippen MR) is 88.9 cm³/mol. The van der Waals surface area contributed by atoms with Crippen LogP contribution in [0.3, 0.4) is 0 Å². The molecule has 0 spiro atoms. The molecule has 25 heavy (non-hydrogen) atoms. The lowest BCUT2D eigenvalue weighted by Crippen LogP contribution is -2.23. The number of nitrogens with zero attached hydrogens (tertiary/aromatic N) is 2. The zero-order chi connectivity index (χ0) is 18.0. The molecule has 4 N–H and O–H groups in total. The topological polar surface area (TPSA) is 144 Å². The standard InChI is InChI=1S/C16H13N5O4/c17-15(22)10-3-1-2-9(6-10)8-18-16(23)14-12-7-11(21(24)25)4-5-13(12)19-20-14/h1-7H,8H2,(H2,17,22)(H,18,23)(H,19,20). The monoisotopic (exact) mass is 339 g/mol. The van der Waals surface area contributed by atoms with Crippen LogP contribution in [0.25, 0.3) is 10.9 Å². The normalized spacial score (nSPS) is 10.6. The van der Waals surface area contributed by atoms with Crippen LogP contribution in [-0.2, 0) is 6.54 Å². The summed E-state index contributed by atoms with van der Waals surface area (Å²) in [4.78, 5) is 33.9. The van der Waals surface area contributed by atoms with E-state index in [2.05, 4.69) is 15.5 Å². The minimum Gasteiger partial charge on any atom is -0.366 e. The molecule has 0 radical (unpaired) electrons. The molecule has 0 atom stereocenters. The van der Waals surface area contributed by atoms with E-state index in [0.29, 0.717) is 22.0 Å². The van der Waals surface area contributed by atoms with Crippen molar-refractivity contribution >= 4 is 28.4 Å². The van der Waals surface area contributed by atoms with E-state index in [1.54, 1.807) is 24.3 Å². The first-order valence-electron chi connectivity index (χ1n) is 7.25. The highest BCUT2D eigenvalue weighted by Crippen LogP contribution is 2.22. The Kier molecular flexibility index (Phi) is 4.12. The quantitative estimate of drug-likeness (QED) is 0.476. The first-order valence-corrected chi connectivity index (χ1v) is 7.25. The Balaban J connectivity index is 1.80. The van der Waals surface area contributed by atoms with Crippen LogP contribution in [0.5, 0.6) is 0 Å². The van der Waals surface area contributed by atoms with E-state index >= 15 is 0 Å². The fourth-order valence-electron chi connectivity index (χ4n) is 2.39. The average molecular weight is 339 g/mol. The van der Waals surface area contributed by atoms with Crippen molar-refractivity contribution in [3.8, 4) is 0 Å². The second kappa shape index (κ2) is 6.40. The number of amides is 2. The third-order valence-corrected chi connectivity index (χ3v) is 3.64. The fourth-order valence-corrected chi connectivity index (χ4v) is 2.39. The van der Waals surface area contributed by atoms with E-state index in [9.17, 15) is 19.7 Å². The van der Waals surface area contributed by atoms with Crippen LogP contribution in [0.4, 0.5) is 5.69 Å². The number of hydrogen-bond donors (Lipinski definition) is 3. The number of benzene rings is 2. The minimum absolute atomic E-state index is 0.0600. The third kappa shape index (κ3) is 3.29. The molecule has 0 unspecified atom stereocenters. The van der Waals surface area contributed by atoms with Crippen molar-refractivity contribution in [3.05, 3.63) is 69.4 Å². The SMILES string of the molecule is NC(=O)c1cccc(CNC(=O)c2n[nH]c3ccc([N+](=O)[O-])cc23)c1.